The van der Waals surface area contributed by atoms with Crippen molar-refractivity contribution in [3.05, 3.63) is 34.9 Å². The van der Waals surface area contributed by atoms with Crippen molar-refractivity contribution in [2.45, 2.75) is 59.5 Å². The summed E-state index contributed by atoms with van der Waals surface area (Å²) in [6, 6.07) is 7.54. The predicted molar refractivity (Wildman–Crippen MR) is 91.4 cm³/mol. The molecule has 0 radical (unpaired) electrons. The largest absolute Gasteiger partial charge is 0.324 e. The first-order valence-electron chi connectivity index (χ1n) is 8.44. The minimum absolute atomic E-state index is 0.156. The lowest BCUT2D eigenvalue weighted by molar-refractivity contribution is 0.0770. The molecule has 1 heterocycles. The maximum atomic E-state index is 6.44. The van der Waals surface area contributed by atoms with Gasteiger partial charge in [-0.1, -0.05) is 43.2 Å². The Morgan fingerprint density at radius 1 is 1.14 bits per heavy atom. The van der Waals surface area contributed by atoms with Crippen LogP contribution in [0.2, 0.25) is 0 Å². The van der Waals surface area contributed by atoms with Gasteiger partial charge in [-0.2, -0.15) is 0 Å². The van der Waals surface area contributed by atoms with Crippen LogP contribution in [0.3, 0.4) is 0 Å². The van der Waals surface area contributed by atoms with Crippen LogP contribution in [0.4, 0.5) is 0 Å². The average Bonchev–Trinajstić information content (AvgIpc) is 2.39. The van der Waals surface area contributed by atoms with Gasteiger partial charge in [-0.25, -0.2) is 0 Å². The maximum absolute atomic E-state index is 6.44. The molecule has 0 bridgehead atoms. The Morgan fingerprint density at radius 3 is 2.38 bits per heavy atom. The molecule has 2 rings (SSSR count). The van der Waals surface area contributed by atoms with Crippen LogP contribution in [-0.4, -0.2) is 24.0 Å². The molecule has 1 aliphatic rings. The van der Waals surface area contributed by atoms with Gasteiger partial charge in [0.05, 0.1) is 0 Å². The van der Waals surface area contributed by atoms with Crippen molar-refractivity contribution in [3.8, 4) is 0 Å². The van der Waals surface area contributed by atoms with E-state index in [2.05, 4.69) is 57.7 Å². The number of aryl methyl sites for hydroxylation is 2. The highest BCUT2D eigenvalue weighted by atomic mass is 15.2. The quantitative estimate of drug-likeness (QED) is 0.905. The van der Waals surface area contributed by atoms with Crippen molar-refractivity contribution >= 4 is 0 Å². The van der Waals surface area contributed by atoms with Crippen molar-refractivity contribution in [3.63, 3.8) is 0 Å². The van der Waals surface area contributed by atoms with E-state index >= 15 is 0 Å². The third kappa shape index (κ3) is 4.31. The van der Waals surface area contributed by atoms with E-state index in [-0.39, 0.29) is 6.04 Å². The Bertz CT molecular complexity index is 448. The van der Waals surface area contributed by atoms with E-state index in [0.717, 1.165) is 24.8 Å². The van der Waals surface area contributed by atoms with E-state index in [1.165, 1.54) is 29.7 Å². The fraction of sp³-hybridized carbons (Fsp3) is 0.684. The molecule has 1 fully saturated rings. The van der Waals surface area contributed by atoms with Gasteiger partial charge in [0, 0.05) is 25.2 Å². The molecule has 21 heavy (non-hydrogen) atoms. The first kappa shape index (κ1) is 16.5. The number of nitrogens with two attached hydrogens (primary N) is 1. The lowest BCUT2D eigenvalue weighted by Crippen LogP contribution is -2.46. The Labute approximate surface area is 130 Å². The van der Waals surface area contributed by atoms with Crippen LogP contribution in [0.1, 0.15) is 56.3 Å². The number of rotatable bonds is 4. The molecule has 118 valence electrons. The zero-order valence-electron chi connectivity index (χ0n) is 14.4. The Morgan fingerprint density at radius 2 is 1.76 bits per heavy atom. The Hall–Kier alpha value is -0.860. The first-order chi connectivity index (χ1) is 9.86. The topological polar surface area (TPSA) is 29.3 Å². The fourth-order valence-electron chi connectivity index (χ4n) is 3.82. The molecule has 2 nitrogen and oxygen atoms in total. The molecule has 4 atom stereocenters. The number of hydrogen-bond donors (Lipinski definition) is 1. The summed E-state index contributed by atoms with van der Waals surface area (Å²) in [5.41, 5.74) is 10.4. The zero-order chi connectivity index (χ0) is 15.6. The lowest BCUT2D eigenvalue weighted by Gasteiger charge is -2.41. The third-order valence-corrected chi connectivity index (χ3v) is 5.12. The molecule has 0 spiro atoms. The van der Waals surface area contributed by atoms with E-state index in [1.54, 1.807) is 0 Å². The van der Waals surface area contributed by atoms with Crippen molar-refractivity contribution in [1.82, 2.24) is 4.90 Å². The van der Waals surface area contributed by atoms with Crippen LogP contribution in [-0.2, 0) is 0 Å². The maximum Gasteiger partial charge on any atom is 0.0307 e. The molecule has 0 saturated carbocycles. The molecule has 1 aromatic rings. The van der Waals surface area contributed by atoms with Crippen LogP contribution in [0.25, 0.3) is 0 Å². The van der Waals surface area contributed by atoms with E-state index in [9.17, 15) is 0 Å². The molecule has 0 amide bonds. The van der Waals surface area contributed by atoms with Gasteiger partial charge in [0.1, 0.15) is 0 Å². The van der Waals surface area contributed by atoms with Crippen LogP contribution < -0.4 is 5.73 Å². The normalized spacial score (nSPS) is 28.6. The van der Waals surface area contributed by atoms with E-state index in [1.807, 2.05) is 0 Å². The minimum Gasteiger partial charge on any atom is -0.324 e. The number of hydrogen-bond acceptors (Lipinski definition) is 2. The monoisotopic (exact) mass is 288 g/mol. The van der Waals surface area contributed by atoms with Gasteiger partial charge in [-0.05, 0) is 51.0 Å². The van der Waals surface area contributed by atoms with Crippen LogP contribution >= 0.6 is 0 Å². The van der Waals surface area contributed by atoms with Gasteiger partial charge in [-0.15, -0.1) is 0 Å². The number of benzene rings is 1. The molecular weight excluding hydrogens is 256 g/mol. The highest BCUT2D eigenvalue weighted by Gasteiger charge is 2.28. The number of likely N-dealkylation sites (tertiary alicyclic amines) is 1. The van der Waals surface area contributed by atoms with E-state index in [4.69, 9.17) is 5.73 Å². The summed E-state index contributed by atoms with van der Waals surface area (Å²) in [4.78, 5) is 2.64. The second-order valence-corrected chi connectivity index (χ2v) is 7.37. The summed E-state index contributed by atoms with van der Waals surface area (Å²) in [6.45, 7) is 13.8. The summed E-state index contributed by atoms with van der Waals surface area (Å²) >= 11 is 0. The van der Waals surface area contributed by atoms with Crippen molar-refractivity contribution in [2.24, 2.45) is 17.6 Å². The van der Waals surface area contributed by atoms with Gasteiger partial charge in [-0.3, -0.25) is 0 Å². The number of piperidine rings is 1. The van der Waals surface area contributed by atoms with Gasteiger partial charge in [0.25, 0.3) is 0 Å². The minimum atomic E-state index is 0.156. The lowest BCUT2D eigenvalue weighted by atomic mass is 9.85. The molecule has 1 aliphatic heterocycles. The van der Waals surface area contributed by atoms with Crippen molar-refractivity contribution in [1.29, 1.82) is 0 Å². The van der Waals surface area contributed by atoms with Crippen LogP contribution in [0, 0.1) is 25.7 Å². The second-order valence-electron chi connectivity index (χ2n) is 7.37. The molecule has 4 unspecified atom stereocenters. The fourth-order valence-corrected chi connectivity index (χ4v) is 3.82. The summed E-state index contributed by atoms with van der Waals surface area (Å²) in [5.74, 6) is 1.61. The Balaban J connectivity index is 1.95. The molecule has 2 heteroatoms. The molecule has 0 aromatic heterocycles. The molecule has 1 saturated heterocycles. The van der Waals surface area contributed by atoms with Gasteiger partial charge < -0.3 is 10.6 Å². The predicted octanol–water partition coefficient (Wildman–Crippen LogP) is 4.06. The van der Waals surface area contributed by atoms with E-state index < -0.39 is 0 Å². The van der Waals surface area contributed by atoms with Crippen molar-refractivity contribution < 1.29 is 0 Å². The highest BCUT2D eigenvalue weighted by Crippen LogP contribution is 2.28. The zero-order valence-corrected chi connectivity index (χ0v) is 14.4. The third-order valence-electron chi connectivity index (χ3n) is 5.12. The van der Waals surface area contributed by atoms with Crippen LogP contribution in [0.5, 0.6) is 0 Å². The van der Waals surface area contributed by atoms with Gasteiger partial charge in [0.2, 0.25) is 0 Å². The SMILES string of the molecule is Cc1cc(C)cc(C(N)CCN2CC(C)CC(C)C2C)c1. The number of nitrogens with zero attached hydrogens (tertiary/aromatic N) is 1. The molecule has 1 aromatic carbocycles. The van der Waals surface area contributed by atoms with Gasteiger partial charge in [0.15, 0.2) is 0 Å². The molecule has 2 N–H and O–H groups in total. The van der Waals surface area contributed by atoms with Gasteiger partial charge >= 0.3 is 0 Å². The van der Waals surface area contributed by atoms with Crippen molar-refractivity contribution in [2.75, 3.05) is 13.1 Å². The summed E-state index contributed by atoms with van der Waals surface area (Å²) in [7, 11) is 0. The summed E-state index contributed by atoms with van der Waals surface area (Å²) < 4.78 is 0. The summed E-state index contributed by atoms with van der Waals surface area (Å²) in [5, 5.41) is 0. The average molecular weight is 288 g/mol. The summed E-state index contributed by atoms with van der Waals surface area (Å²) in [6.07, 6.45) is 2.41. The standard InChI is InChI=1S/C19H32N2/c1-13-8-14(2)11-18(10-13)19(20)6-7-21-12-15(3)9-16(4)17(21)5/h8,10-11,15-17,19H,6-7,9,12,20H2,1-5H3. The highest BCUT2D eigenvalue weighted by molar-refractivity contribution is 5.30. The molecule has 0 aliphatic carbocycles. The smallest absolute Gasteiger partial charge is 0.0307 e. The van der Waals surface area contributed by atoms with Crippen LogP contribution in [0.15, 0.2) is 18.2 Å². The molecular formula is C19H32N2. The Kier molecular flexibility index (Phi) is 5.45. The second kappa shape index (κ2) is 6.93. The first-order valence-corrected chi connectivity index (χ1v) is 8.44. The van der Waals surface area contributed by atoms with E-state index in [0.29, 0.717) is 6.04 Å².